The van der Waals surface area contributed by atoms with Crippen LogP contribution >= 0.6 is 11.6 Å². The van der Waals surface area contributed by atoms with Gasteiger partial charge in [0.05, 0.1) is 23.5 Å². The van der Waals surface area contributed by atoms with Crippen LogP contribution in [0.4, 0.5) is 5.95 Å². The molecule has 2 N–H and O–H groups in total. The van der Waals surface area contributed by atoms with Crippen LogP contribution in [0.1, 0.15) is 11.7 Å². The summed E-state index contributed by atoms with van der Waals surface area (Å²) in [6.07, 6.45) is 2.42. The van der Waals surface area contributed by atoms with Crippen molar-refractivity contribution in [3.8, 4) is 0 Å². The van der Waals surface area contributed by atoms with Gasteiger partial charge in [0.1, 0.15) is 0 Å². The Bertz CT molecular complexity index is 461. The number of halogens is 1. The van der Waals surface area contributed by atoms with E-state index in [0.29, 0.717) is 17.5 Å². The molecule has 1 heterocycles. The van der Waals surface area contributed by atoms with Crippen LogP contribution in [0.2, 0.25) is 5.02 Å². The van der Waals surface area contributed by atoms with Gasteiger partial charge in [0, 0.05) is 6.54 Å². The van der Waals surface area contributed by atoms with E-state index >= 15 is 0 Å². The summed E-state index contributed by atoms with van der Waals surface area (Å²) in [4.78, 5) is 7.96. The summed E-state index contributed by atoms with van der Waals surface area (Å²) in [7, 11) is 0. The minimum absolute atomic E-state index is 0.353. The molecule has 88 valence electrons. The topological polar surface area (TPSA) is 58.0 Å². The van der Waals surface area contributed by atoms with Gasteiger partial charge in [0.15, 0.2) is 0 Å². The quantitative estimate of drug-likeness (QED) is 0.873. The number of aromatic nitrogens is 2. The minimum Gasteiger partial charge on any atom is -0.387 e. The molecular formula is C12H12ClN3O. The Balaban J connectivity index is 1.92. The lowest BCUT2D eigenvalue weighted by atomic mass is 10.1. The van der Waals surface area contributed by atoms with Crippen molar-refractivity contribution in [3.63, 3.8) is 0 Å². The molecule has 2 aromatic rings. The molecule has 0 spiro atoms. The van der Waals surface area contributed by atoms with E-state index in [1.807, 2.05) is 30.3 Å². The molecule has 5 heteroatoms. The number of rotatable bonds is 4. The van der Waals surface area contributed by atoms with E-state index in [2.05, 4.69) is 15.3 Å². The van der Waals surface area contributed by atoms with Crippen molar-refractivity contribution < 1.29 is 5.11 Å². The van der Waals surface area contributed by atoms with E-state index < -0.39 is 6.10 Å². The van der Waals surface area contributed by atoms with Crippen LogP contribution < -0.4 is 5.32 Å². The maximum Gasteiger partial charge on any atom is 0.222 e. The summed E-state index contributed by atoms with van der Waals surface area (Å²) in [6, 6.07) is 9.42. The van der Waals surface area contributed by atoms with Crippen LogP contribution in [0.15, 0.2) is 42.7 Å². The Morgan fingerprint density at radius 2 is 1.82 bits per heavy atom. The molecule has 1 aromatic carbocycles. The highest BCUT2D eigenvalue weighted by Crippen LogP contribution is 2.12. The van der Waals surface area contributed by atoms with Crippen molar-refractivity contribution in [2.75, 3.05) is 11.9 Å². The first-order valence-corrected chi connectivity index (χ1v) is 5.58. The highest BCUT2D eigenvalue weighted by molar-refractivity contribution is 6.30. The fraction of sp³-hybridized carbons (Fsp3) is 0.167. The molecule has 0 bridgehead atoms. The number of hydrogen-bond donors (Lipinski definition) is 2. The summed E-state index contributed by atoms with van der Waals surface area (Å²) in [5, 5.41) is 13.3. The molecule has 1 atom stereocenters. The SMILES string of the molecule is OC(CNc1ncc(Cl)cn1)c1ccccc1. The number of nitrogens with one attached hydrogen (secondary N) is 1. The third kappa shape index (κ3) is 3.41. The van der Waals surface area contributed by atoms with Crippen molar-refractivity contribution in [1.29, 1.82) is 0 Å². The highest BCUT2D eigenvalue weighted by Gasteiger charge is 2.06. The molecule has 17 heavy (non-hydrogen) atoms. The predicted octanol–water partition coefficient (Wildman–Crippen LogP) is 2.28. The maximum atomic E-state index is 9.89. The second-order valence-corrected chi connectivity index (χ2v) is 3.97. The van der Waals surface area contributed by atoms with Gasteiger partial charge < -0.3 is 10.4 Å². The van der Waals surface area contributed by atoms with Gasteiger partial charge in [-0.3, -0.25) is 0 Å². The van der Waals surface area contributed by atoms with Gasteiger partial charge in [0.2, 0.25) is 5.95 Å². The molecule has 0 aliphatic carbocycles. The summed E-state index contributed by atoms with van der Waals surface area (Å²) in [5.41, 5.74) is 0.856. The number of anilines is 1. The van der Waals surface area contributed by atoms with Crippen molar-refractivity contribution in [2.24, 2.45) is 0 Å². The second-order valence-electron chi connectivity index (χ2n) is 3.53. The van der Waals surface area contributed by atoms with Gasteiger partial charge in [0.25, 0.3) is 0 Å². The molecule has 2 rings (SSSR count). The summed E-state index contributed by atoms with van der Waals surface area (Å²) in [6.45, 7) is 0.353. The Hall–Kier alpha value is -1.65. The van der Waals surface area contributed by atoms with Crippen LogP contribution in [-0.4, -0.2) is 21.6 Å². The molecule has 0 radical (unpaired) electrons. The number of aliphatic hydroxyl groups excluding tert-OH is 1. The normalized spacial score (nSPS) is 12.1. The standard InChI is InChI=1S/C12H12ClN3O/c13-10-6-14-12(15-7-10)16-8-11(17)9-4-2-1-3-5-9/h1-7,11,17H,8H2,(H,14,15,16). The molecule has 4 nitrogen and oxygen atoms in total. The monoisotopic (exact) mass is 249 g/mol. The van der Waals surface area contributed by atoms with Crippen LogP contribution in [0.25, 0.3) is 0 Å². The summed E-state index contributed by atoms with van der Waals surface area (Å²) in [5.74, 6) is 0.449. The molecule has 0 amide bonds. The zero-order chi connectivity index (χ0) is 12.1. The van der Waals surface area contributed by atoms with Crippen LogP contribution in [0, 0.1) is 0 Å². The van der Waals surface area contributed by atoms with Gasteiger partial charge >= 0.3 is 0 Å². The van der Waals surface area contributed by atoms with Crippen LogP contribution in [0.3, 0.4) is 0 Å². The fourth-order valence-electron chi connectivity index (χ4n) is 1.38. The minimum atomic E-state index is -0.588. The predicted molar refractivity (Wildman–Crippen MR) is 66.9 cm³/mol. The summed E-state index contributed by atoms with van der Waals surface area (Å²) < 4.78 is 0. The number of aliphatic hydroxyl groups is 1. The van der Waals surface area contributed by atoms with E-state index in [0.717, 1.165) is 5.56 Å². The van der Waals surface area contributed by atoms with E-state index in [-0.39, 0.29) is 0 Å². The number of hydrogen-bond acceptors (Lipinski definition) is 4. The third-order valence-electron chi connectivity index (χ3n) is 2.26. The smallest absolute Gasteiger partial charge is 0.222 e. The average molecular weight is 250 g/mol. The maximum absolute atomic E-state index is 9.89. The fourth-order valence-corrected chi connectivity index (χ4v) is 1.48. The first-order valence-electron chi connectivity index (χ1n) is 5.20. The molecule has 0 aliphatic rings. The lowest BCUT2D eigenvalue weighted by molar-refractivity contribution is 0.191. The van der Waals surface area contributed by atoms with E-state index in [1.165, 1.54) is 12.4 Å². The highest BCUT2D eigenvalue weighted by atomic mass is 35.5. The Kier molecular flexibility index (Phi) is 3.90. The molecular weight excluding hydrogens is 238 g/mol. The lowest BCUT2D eigenvalue weighted by Crippen LogP contribution is -2.13. The van der Waals surface area contributed by atoms with E-state index in [9.17, 15) is 5.11 Å². The van der Waals surface area contributed by atoms with Gasteiger partial charge in [-0.05, 0) is 5.56 Å². The third-order valence-corrected chi connectivity index (χ3v) is 2.45. The molecule has 0 saturated heterocycles. The van der Waals surface area contributed by atoms with Crippen molar-refractivity contribution >= 4 is 17.5 Å². The second kappa shape index (κ2) is 5.61. The first kappa shape index (κ1) is 11.8. The molecule has 1 aromatic heterocycles. The lowest BCUT2D eigenvalue weighted by Gasteiger charge is -2.11. The van der Waals surface area contributed by atoms with E-state index in [1.54, 1.807) is 0 Å². The van der Waals surface area contributed by atoms with Crippen LogP contribution in [-0.2, 0) is 0 Å². The van der Waals surface area contributed by atoms with Crippen molar-refractivity contribution in [2.45, 2.75) is 6.10 Å². The first-order chi connectivity index (χ1) is 8.25. The Morgan fingerprint density at radius 3 is 2.47 bits per heavy atom. The zero-order valence-electron chi connectivity index (χ0n) is 9.05. The van der Waals surface area contributed by atoms with Gasteiger partial charge in [-0.15, -0.1) is 0 Å². The Morgan fingerprint density at radius 1 is 1.18 bits per heavy atom. The largest absolute Gasteiger partial charge is 0.387 e. The zero-order valence-corrected chi connectivity index (χ0v) is 9.80. The van der Waals surface area contributed by atoms with Gasteiger partial charge in [-0.1, -0.05) is 41.9 Å². The summed E-state index contributed by atoms with van der Waals surface area (Å²) >= 11 is 5.67. The average Bonchev–Trinajstić information content (AvgIpc) is 2.39. The van der Waals surface area contributed by atoms with E-state index in [4.69, 9.17) is 11.6 Å². The van der Waals surface area contributed by atoms with Gasteiger partial charge in [-0.2, -0.15) is 0 Å². The number of nitrogens with zero attached hydrogens (tertiary/aromatic N) is 2. The van der Waals surface area contributed by atoms with Crippen LogP contribution in [0.5, 0.6) is 0 Å². The molecule has 0 aliphatic heterocycles. The van der Waals surface area contributed by atoms with Gasteiger partial charge in [-0.25, -0.2) is 9.97 Å². The van der Waals surface area contributed by atoms with Crippen molar-refractivity contribution in [3.05, 3.63) is 53.3 Å². The Labute approximate surface area is 104 Å². The molecule has 0 fully saturated rings. The molecule has 0 saturated carbocycles. The van der Waals surface area contributed by atoms with Crippen molar-refractivity contribution in [1.82, 2.24) is 9.97 Å². The number of benzene rings is 1. The molecule has 1 unspecified atom stereocenters.